The van der Waals surface area contributed by atoms with Crippen molar-refractivity contribution in [2.24, 2.45) is 11.8 Å². The molecule has 2 rings (SSSR count). The van der Waals surface area contributed by atoms with Crippen molar-refractivity contribution in [3.63, 3.8) is 0 Å². The number of imidazole rings is 1. The Morgan fingerprint density at radius 1 is 1.32 bits per heavy atom. The number of rotatable bonds is 5. The zero-order chi connectivity index (χ0) is 13.8. The first kappa shape index (κ1) is 14.4. The van der Waals surface area contributed by atoms with Crippen molar-refractivity contribution in [1.29, 1.82) is 0 Å². The molecule has 1 aliphatic carbocycles. The molecule has 1 fully saturated rings. The summed E-state index contributed by atoms with van der Waals surface area (Å²) in [4.78, 5) is 4.65. The van der Waals surface area contributed by atoms with Crippen LogP contribution >= 0.6 is 0 Å². The Labute approximate surface area is 117 Å². The number of anilines is 1. The van der Waals surface area contributed by atoms with Crippen LogP contribution in [0.3, 0.4) is 0 Å². The molecule has 0 radical (unpaired) electrons. The highest BCUT2D eigenvalue weighted by atomic mass is 15.2. The summed E-state index contributed by atoms with van der Waals surface area (Å²) in [7, 11) is 0. The van der Waals surface area contributed by atoms with E-state index in [1.54, 1.807) is 0 Å². The molecule has 0 bridgehead atoms. The van der Waals surface area contributed by atoms with Crippen LogP contribution < -0.4 is 5.32 Å². The van der Waals surface area contributed by atoms with E-state index < -0.39 is 0 Å². The molecular formula is C16H29N3. The van der Waals surface area contributed by atoms with Crippen LogP contribution in [0.25, 0.3) is 0 Å². The molecule has 0 atom stereocenters. The molecule has 108 valence electrons. The maximum absolute atomic E-state index is 4.65. The van der Waals surface area contributed by atoms with Crippen molar-refractivity contribution in [2.75, 3.05) is 5.32 Å². The minimum Gasteiger partial charge on any atom is -0.353 e. The summed E-state index contributed by atoms with van der Waals surface area (Å²) in [5.74, 6) is 2.69. The van der Waals surface area contributed by atoms with Gasteiger partial charge < -0.3 is 9.88 Å². The highest BCUT2D eigenvalue weighted by Gasteiger charge is 2.21. The van der Waals surface area contributed by atoms with E-state index in [4.69, 9.17) is 0 Å². The van der Waals surface area contributed by atoms with Crippen LogP contribution in [0.5, 0.6) is 0 Å². The fourth-order valence-electron chi connectivity index (χ4n) is 3.09. The predicted molar refractivity (Wildman–Crippen MR) is 81.5 cm³/mol. The second-order valence-corrected chi connectivity index (χ2v) is 6.52. The van der Waals surface area contributed by atoms with Gasteiger partial charge >= 0.3 is 0 Å². The van der Waals surface area contributed by atoms with E-state index in [0.717, 1.165) is 24.1 Å². The van der Waals surface area contributed by atoms with Crippen molar-refractivity contribution in [3.8, 4) is 0 Å². The van der Waals surface area contributed by atoms with Crippen LogP contribution in [-0.4, -0.2) is 15.6 Å². The molecule has 1 aromatic heterocycles. The monoisotopic (exact) mass is 263 g/mol. The fraction of sp³-hybridized carbons (Fsp3) is 0.812. The summed E-state index contributed by atoms with van der Waals surface area (Å²) >= 11 is 0. The molecule has 0 amide bonds. The SMILES string of the molecule is CCC1CCC(Nc2nc(C)cn2CC(C)C)CC1. The summed E-state index contributed by atoms with van der Waals surface area (Å²) in [6.07, 6.45) is 8.85. The van der Waals surface area contributed by atoms with Gasteiger partial charge in [0.05, 0.1) is 5.69 Å². The molecule has 1 aromatic rings. The smallest absolute Gasteiger partial charge is 0.203 e. The van der Waals surface area contributed by atoms with Gasteiger partial charge in [-0.3, -0.25) is 0 Å². The molecule has 1 aliphatic rings. The van der Waals surface area contributed by atoms with Gasteiger partial charge in [-0.25, -0.2) is 4.98 Å². The van der Waals surface area contributed by atoms with Gasteiger partial charge in [0, 0.05) is 18.8 Å². The first-order chi connectivity index (χ1) is 9.08. The Kier molecular flexibility index (Phi) is 4.89. The van der Waals surface area contributed by atoms with Crippen molar-refractivity contribution in [3.05, 3.63) is 11.9 Å². The largest absolute Gasteiger partial charge is 0.353 e. The Bertz CT molecular complexity index is 387. The lowest BCUT2D eigenvalue weighted by molar-refractivity contribution is 0.328. The second kappa shape index (κ2) is 6.44. The third-order valence-corrected chi connectivity index (χ3v) is 4.22. The van der Waals surface area contributed by atoms with Gasteiger partial charge in [0.2, 0.25) is 5.95 Å². The number of aryl methyl sites for hydroxylation is 1. The maximum atomic E-state index is 4.65. The van der Waals surface area contributed by atoms with Crippen LogP contribution in [0, 0.1) is 18.8 Å². The van der Waals surface area contributed by atoms with E-state index in [2.05, 4.69) is 48.8 Å². The lowest BCUT2D eigenvalue weighted by atomic mass is 9.85. The molecule has 3 heteroatoms. The van der Waals surface area contributed by atoms with Crippen molar-refractivity contribution >= 4 is 5.95 Å². The first-order valence-corrected chi connectivity index (χ1v) is 7.88. The van der Waals surface area contributed by atoms with Gasteiger partial charge in [-0.2, -0.15) is 0 Å². The molecule has 0 aliphatic heterocycles. The first-order valence-electron chi connectivity index (χ1n) is 7.88. The fourth-order valence-corrected chi connectivity index (χ4v) is 3.09. The average molecular weight is 263 g/mol. The van der Waals surface area contributed by atoms with Crippen LogP contribution in [0.4, 0.5) is 5.95 Å². The number of aromatic nitrogens is 2. The van der Waals surface area contributed by atoms with E-state index >= 15 is 0 Å². The Morgan fingerprint density at radius 3 is 2.58 bits per heavy atom. The van der Waals surface area contributed by atoms with E-state index in [0.29, 0.717) is 12.0 Å². The zero-order valence-corrected chi connectivity index (χ0v) is 12.9. The molecular weight excluding hydrogens is 234 g/mol. The minimum atomic E-state index is 0.621. The number of nitrogens with one attached hydrogen (secondary N) is 1. The minimum absolute atomic E-state index is 0.621. The maximum Gasteiger partial charge on any atom is 0.203 e. The van der Waals surface area contributed by atoms with Crippen LogP contribution in [0.15, 0.2) is 6.20 Å². The van der Waals surface area contributed by atoms with Crippen LogP contribution in [0.2, 0.25) is 0 Å². The molecule has 0 spiro atoms. The quantitative estimate of drug-likeness (QED) is 0.861. The standard InChI is InChI=1S/C16H29N3/c1-5-14-6-8-15(9-7-14)18-16-17-13(4)11-19(16)10-12(2)3/h11-12,14-15H,5-10H2,1-4H3,(H,17,18). The van der Waals surface area contributed by atoms with E-state index in [9.17, 15) is 0 Å². The number of hydrogen-bond acceptors (Lipinski definition) is 2. The lowest BCUT2D eigenvalue weighted by Gasteiger charge is -2.29. The number of nitrogens with zero attached hydrogens (tertiary/aromatic N) is 2. The Hall–Kier alpha value is -0.990. The van der Waals surface area contributed by atoms with Gasteiger partial charge in [0.15, 0.2) is 0 Å². The van der Waals surface area contributed by atoms with Crippen molar-refractivity contribution < 1.29 is 0 Å². The molecule has 1 N–H and O–H groups in total. The predicted octanol–water partition coefficient (Wildman–Crippen LogP) is 4.23. The third kappa shape index (κ3) is 3.99. The van der Waals surface area contributed by atoms with Crippen molar-refractivity contribution in [1.82, 2.24) is 9.55 Å². The van der Waals surface area contributed by atoms with E-state index in [-0.39, 0.29) is 0 Å². The summed E-state index contributed by atoms with van der Waals surface area (Å²) < 4.78 is 2.28. The van der Waals surface area contributed by atoms with Gasteiger partial charge in [-0.15, -0.1) is 0 Å². The van der Waals surface area contributed by atoms with E-state index in [1.165, 1.54) is 32.1 Å². The number of hydrogen-bond donors (Lipinski definition) is 1. The van der Waals surface area contributed by atoms with Gasteiger partial charge in [0.25, 0.3) is 0 Å². The summed E-state index contributed by atoms with van der Waals surface area (Å²) in [6, 6.07) is 0.621. The molecule has 1 saturated carbocycles. The Balaban J connectivity index is 1.95. The lowest BCUT2D eigenvalue weighted by Crippen LogP contribution is -2.27. The normalized spacial score (nSPS) is 23.8. The van der Waals surface area contributed by atoms with E-state index in [1.807, 2.05) is 0 Å². The van der Waals surface area contributed by atoms with Gasteiger partial charge in [-0.05, 0) is 44.4 Å². The van der Waals surface area contributed by atoms with Crippen LogP contribution in [0.1, 0.15) is 58.6 Å². The summed E-state index contributed by atoms with van der Waals surface area (Å²) in [5.41, 5.74) is 1.12. The molecule has 1 heterocycles. The molecule has 3 nitrogen and oxygen atoms in total. The Morgan fingerprint density at radius 2 is 2.00 bits per heavy atom. The second-order valence-electron chi connectivity index (χ2n) is 6.52. The molecule has 0 aromatic carbocycles. The highest BCUT2D eigenvalue weighted by Crippen LogP contribution is 2.28. The summed E-state index contributed by atoms with van der Waals surface area (Å²) in [6.45, 7) is 9.96. The highest BCUT2D eigenvalue weighted by molar-refractivity contribution is 5.30. The van der Waals surface area contributed by atoms with Crippen LogP contribution in [-0.2, 0) is 6.54 Å². The molecule has 0 saturated heterocycles. The van der Waals surface area contributed by atoms with Gasteiger partial charge in [-0.1, -0.05) is 27.2 Å². The van der Waals surface area contributed by atoms with Gasteiger partial charge in [0.1, 0.15) is 0 Å². The topological polar surface area (TPSA) is 29.9 Å². The third-order valence-electron chi connectivity index (χ3n) is 4.22. The summed E-state index contributed by atoms with van der Waals surface area (Å²) in [5, 5.41) is 3.67. The van der Waals surface area contributed by atoms with Crippen molar-refractivity contribution in [2.45, 2.75) is 72.4 Å². The molecule has 0 unspecified atom stereocenters. The average Bonchev–Trinajstić information content (AvgIpc) is 2.69. The molecule has 19 heavy (non-hydrogen) atoms. The zero-order valence-electron chi connectivity index (χ0n) is 12.9.